The van der Waals surface area contributed by atoms with Crippen molar-refractivity contribution in [2.24, 2.45) is 0 Å². The zero-order chi connectivity index (χ0) is 12.4. The molecule has 0 aliphatic heterocycles. The van der Waals surface area contributed by atoms with Crippen LogP contribution in [0.1, 0.15) is 5.56 Å². The molecule has 0 unspecified atom stereocenters. The number of hydrogen-bond donors (Lipinski definition) is 1. The zero-order valence-corrected chi connectivity index (χ0v) is 11.1. The fourth-order valence-electron chi connectivity index (χ4n) is 1.79. The van der Waals surface area contributed by atoms with Crippen molar-refractivity contribution in [3.63, 3.8) is 0 Å². The first kappa shape index (κ1) is 11.5. The second-order valence-electron chi connectivity index (χ2n) is 3.98. The standard InChI is InChI=1S/C14H11ClN2S/c15-9-10-5-7-11(8-6-10)16-14-12-3-1-2-4-13(12)17-18-14/h1-8,16H,9H2. The van der Waals surface area contributed by atoms with E-state index in [9.17, 15) is 0 Å². The number of aromatic nitrogens is 1. The van der Waals surface area contributed by atoms with Gasteiger partial charge in [-0.1, -0.05) is 24.3 Å². The van der Waals surface area contributed by atoms with E-state index in [1.54, 1.807) is 0 Å². The van der Waals surface area contributed by atoms with Crippen molar-refractivity contribution in [2.45, 2.75) is 5.88 Å². The van der Waals surface area contributed by atoms with Crippen molar-refractivity contribution in [3.05, 3.63) is 54.1 Å². The Hall–Kier alpha value is -1.58. The van der Waals surface area contributed by atoms with Crippen LogP contribution in [0.5, 0.6) is 0 Å². The van der Waals surface area contributed by atoms with Crippen LogP contribution in [0.4, 0.5) is 10.7 Å². The normalized spacial score (nSPS) is 10.7. The van der Waals surface area contributed by atoms with Crippen molar-refractivity contribution >= 4 is 44.7 Å². The minimum Gasteiger partial charge on any atom is -0.345 e. The highest BCUT2D eigenvalue weighted by molar-refractivity contribution is 7.11. The Kier molecular flexibility index (Phi) is 3.17. The molecule has 18 heavy (non-hydrogen) atoms. The molecule has 2 nitrogen and oxygen atoms in total. The number of hydrogen-bond acceptors (Lipinski definition) is 3. The van der Waals surface area contributed by atoms with E-state index in [2.05, 4.69) is 15.8 Å². The molecule has 3 aromatic rings. The first-order valence-electron chi connectivity index (χ1n) is 5.63. The summed E-state index contributed by atoms with van der Waals surface area (Å²) in [5.74, 6) is 0.545. The molecule has 0 fully saturated rings. The molecule has 0 amide bonds. The summed E-state index contributed by atoms with van der Waals surface area (Å²) in [6, 6.07) is 16.2. The van der Waals surface area contributed by atoms with E-state index in [0.29, 0.717) is 5.88 Å². The summed E-state index contributed by atoms with van der Waals surface area (Å²) >= 11 is 7.25. The number of halogens is 1. The smallest absolute Gasteiger partial charge is 0.121 e. The molecular weight excluding hydrogens is 264 g/mol. The van der Waals surface area contributed by atoms with Gasteiger partial charge in [-0.15, -0.1) is 11.6 Å². The number of alkyl halides is 1. The van der Waals surface area contributed by atoms with Gasteiger partial charge in [-0.05, 0) is 41.4 Å². The first-order valence-corrected chi connectivity index (χ1v) is 6.94. The van der Waals surface area contributed by atoms with Gasteiger partial charge in [0, 0.05) is 17.0 Å². The van der Waals surface area contributed by atoms with Gasteiger partial charge < -0.3 is 5.32 Å². The molecule has 0 saturated heterocycles. The van der Waals surface area contributed by atoms with Gasteiger partial charge >= 0.3 is 0 Å². The summed E-state index contributed by atoms with van der Waals surface area (Å²) in [5.41, 5.74) is 3.21. The third-order valence-electron chi connectivity index (χ3n) is 2.75. The summed E-state index contributed by atoms with van der Waals surface area (Å²) in [5, 5.41) is 5.62. The van der Waals surface area contributed by atoms with Crippen LogP contribution in [-0.2, 0) is 5.88 Å². The monoisotopic (exact) mass is 274 g/mol. The molecule has 0 bridgehead atoms. The largest absolute Gasteiger partial charge is 0.345 e. The number of fused-ring (bicyclic) bond motifs is 1. The van der Waals surface area contributed by atoms with Crippen LogP contribution >= 0.6 is 23.1 Å². The summed E-state index contributed by atoms with van der Waals surface area (Å²) < 4.78 is 4.41. The Morgan fingerprint density at radius 1 is 1.06 bits per heavy atom. The molecule has 0 saturated carbocycles. The summed E-state index contributed by atoms with van der Waals surface area (Å²) in [6.07, 6.45) is 0. The average Bonchev–Trinajstić information content (AvgIpc) is 2.83. The van der Waals surface area contributed by atoms with Crippen molar-refractivity contribution < 1.29 is 0 Å². The molecule has 0 radical (unpaired) electrons. The number of nitrogens with zero attached hydrogens (tertiary/aromatic N) is 1. The van der Waals surface area contributed by atoms with Gasteiger partial charge in [-0.2, -0.15) is 4.37 Å². The molecule has 1 aromatic heterocycles. The second kappa shape index (κ2) is 4.96. The number of anilines is 2. The molecule has 4 heteroatoms. The highest BCUT2D eigenvalue weighted by atomic mass is 35.5. The van der Waals surface area contributed by atoms with Crippen LogP contribution in [0.3, 0.4) is 0 Å². The highest BCUT2D eigenvalue weighted by Gasteiger charge is 2.04. The molecule has 0 aliphatic carbocycles. The lowest BCUT2D eigenvalue weighted by Gasteiger charge is -2.04. The van der Waals surface area contributed by atoms with E-state index in [4.69, 9.17) is 11.6 Å². The number of benzene rings is 2. The van der Waals surface area contributed by atoms with Crippen LogP contribution < -0.4 is 5.32 Å². The summed E-state index contributed by atoms with van der Waals surface area (Å²) in [4.78, 5) is 0. The SMILES string of the molecule is ClCc1ccc(Nc2snc3ccccc23)cc1. The minimum absolute atomic E-state index is 0.545. The lowest BCUT2D eigenvalue weighted by Crippen LogP contribution is -1.88. The van der Waals surface area contributed by atoms with Gasteiger partial charge in [-0.3, -0.25) is 0 Å². The van der Waals surface area contributed by atoms with Crippen LogP contribution in [0.15, 0.2) is 48.5 Å². The Morgan fingerprint density at radius 3 is 2.61 bits per heavy atom. The van der Waals surface area contributed by atoms with Gasteiger partial charge in [-0.25, -0.2) is 0 Å². The molecule has 3 rings (SSSR count). The van der Waals surface area contributed by atoms with Gasteiger partial charge in [0.2, 0.25) is 0 Å². The molecule has 90 valence electrons. The summed E-state index contributed by atoms with van der Waals surface area (Å²) in [6.45, 7) is 0. The van der Waals surface area contributed by atoms with Crippen molar-refractivity contribution in [2.75, 3.05) is 5.32 Å². The Bertz CT molecular complexity index is 661. The van der Waals surface area contributed by atoms with Crippen LogP contribution in [0, 0.1) is 0 Å². The van der Waals surface area contributed by atoms with E-state index < -0.39 is 0 Å². The number of nitrogens with one attached hydrogen (secondary N) is 1. The predicted octanol–water partition coefficient (Wildman–Crippen LogP) is 4.78. The lowest BCUT2D eigenvalue weighted by atomic mass is 10.2. The Balaban J connectivity index is 1.91. The lowest BCUT2D eigenvalue weighted by molar-refractivity contribution is 1.40. The van der Waals surface area contributed by atoms with Crippen LogP contribution in [-0.4, -0.2) is 4.37 Å². The highest BCUT2D eigenvalue weighted by Crippen LogP contribution is 2.30. The second-order valence-corrected chi connectivity index (χ2v) is 5.03. The zero-order valence-electron chi connectivity index (χ0n) is 9.56. The van der Waals surface area contributed by atoms with Gasteiger partial charge in [0.1, 0.15) is 5.00 Å². The van der Waals surface area contributed by atoms with E-state index in [1.165, 1.54) is 11.5 Å². The molecule has 0 aliphatic rings. The predicted molar refractivity (Wildman–Crippen MR) is 78.9 cm³/mol. The van der Waals surface area contributed by atoms with Gasteiger partial charge in [0.15, 0.2) is 0 Å². The van der Waals surface area contributed by atoms with Crippen molar-refractivity contribution in [3.8, 4) is 0 Å². The topological polar surface area (TPSA) is 24.9 Å². The van der Waals surface area contributed by atoms with Crippen molar-refractivity contribution in [1.82, 2.24) is 4.37 Å². The molecule has 1 N–H and O–H groups in total. The maximum absolute atomic E-state index is 5.77. The van der Waals surface area contributed by atoms with Crippen molar-refractivity contribution in [1.29, 1.82) is 0 Å². The average molecular weight is 275 g/mol. The first-order chi connectivity index (χ1) is 8.86. The fraction of sp³-hybridized carbons (Fsp3) is 0.0714. The maximum Gasteiger partial charge on any atom is 0.121 e. The Labute approximate surface area is 114 Å². The van der Waals surface area contributed by atoms with Gasteiger partial charge in [0.05, 0.1) is 5.52 Å². The van der Waals surface area contributed by atoms with Crippen LogP contribution in [0.2, 0.25) is 0 Å². The summed E-state index contributed by atoms with van der Waals surface area (Å²) in [7, 11) is 0. The maximum atomic E-state index is 5.77. The Morgan fingerprint density at radius 2 is 1.83 bits per heavy atom. The van der Waals surface area contributed by atoms with E-state index >= 15 is 0 Å². The molecular formula is C14H11ClN2S. The third kappa shape index (κ3) is 2.19. The quantitative estimate of drug-likeness (QED) is 0.695. The minimum atomic E-state index is 0.545. The third-order valence-corrected chi connectivity index (χ3v) is 3.85. The molecule has 1 heterocycles. The van der Waals surface area contributed by atoms with Gasteiger partial charge in [0.25, 0.3) is 0 Å². The number of rotatable bonds is 3. The molecule has 0 atom stereocenters. The van der Waals surface area contributed by atoms with Crippen LogP contribution in [0.25, 0.3) is 10.9 Å². The fourth-order valence-corrected chi connectivity index (χ4v) is 2.75. The van der Waals surface area contributed by atoms with E-state index in [0.717, 1.165) is 27.2 Å². The molecule has 2 aromatic carbocycles. The molecule has 0 spiro atoms. The van der Waals surface area contributed by atoms with E-state index in [1.807, 2.05) is 42.5 Å². The van der Waals surface area contributed by atoms with E-state index in [-0.39, 0.29) is 0 Å².